The highest BCUT2D eigenvalue weighted by molar-refractivity contribution is 6.30. The van der Waals surface area contributed by atoms with Crippen molar-refractivity contribution >= 4 is 29.1 Å². The van der Waals surface area contributed by atoms with Crippen LogP contribution >= 0.6 is 11.6 Å². The average Bonchev–Trinajstić information content (AvgIpc) is 3.51. The number of imide groups is 1. The van der Waals surface area contributed by atoms with E-state index < -0.39 is 52.3 Å². The van der Waals surface area contributed by atoms with Crippen molar-refractivity contribution in [3.8, 4) is 17.2 Å². The first-order chi connectivity index (χ1) is 24.1. The first-order valence-electron chi connectivity index (χ1n) is 15.9. The second-order valence-corrected chi connectivity index (χ2v) is 12.9. The molecule has 8 rings (SSSR count). The molecule has 0 unspecified atom stereocenters. The number of carbonyl (C=O) groups is 2. The number of nitrogens with one attached hydrogen (secondary N) is 1. The minimum absolute atomic E-state index is 0.00943. The van der Waals surface area contributed by atoms with E-state index in [4.69, 9.17) is 16.3 Å². The van der Waals surface area contributed by atoms with Crippen LogP contribution in [-0.2, 0) is 21.5 Å². The largest absolute Gasteiger partial charge is 0.504 e. The molecular formula is C37H29ClFN5O6. The van der Waals surface area contributed by atoms with E-state index >= 15 is 4.79 Å². The Bertz CT molecular complexity index is 2330. The van der Waals surface area contributed by atoms with E-state index in [0.29, 0.717) is 33.1 Å². The van der Waals surface area contributed by atoms with Crippen LogP contribution in [0.4, 0.5) is 10.1 Å². The molecule has 1 saturated heterocycles. The molecule has 0 spiro atoms. The minimum Gasteiger partial charge on any atom is -0.504 e. The lowest BCUT2D eigenvalue weighted by atomic mass is 9.53. The van der Waals surface area contributed by atoms with E-state index in [1.165, 1.54) is 46.8 Å². The van der Waals surface area contributed by atoms with Crippen LogP contribution in [0.3, 0.4) is 0 Å². The number of hydrogen-bond donors (Lipinski definition) is 2. The molecule has 50 heavy (non-hydrogen) atoms. The lowest BCUT2D eigenvalue weighted by molar-refractivity contribution is -0.138. The van der Waals surface area contributed by atoms with Gasteiger partial charge in [-0.25, -0.2) is 27.9 Å². The van der Waals surface area contributed by atoms with Crippen molar-refractivity contribution in [2.75, 3.05) is 12.5 Å². The van der Waals surface area contributed by atoms with Gasteiger partial charge in [0, 0.05) is 10.9 Å². The number of ether oxygens (including phenoxy) is 1. The fourth-order valence-corrected chi connectivity index (χ4v) is 8.09. The quantitative estimate of drug-likeness (QED) is 0.191. The van der Waals surface area contributed by atoms with Crippen molar-refractivity contribution < 1.29 is 23.8 Å². The van der Waals surface area contributed by atoms with Gasteiger partial charge in [0.05, 0.1) is 42.4 Å². The lowest BCUT2D eigenvalue weighted by Gasteiger charge is -2.49. The average molecular weight is 694 g/mol. The molecule has 0 radical (unpaired) electrons. The number of methoxy groups -OCH3 is 1. The van der Waals surface area contributed by atoms with Gasteiger partial charge < -0.3 is 9.84 Å². The summed E-state index contributed by atoms with van der Waals surface area (Å²) < 4.78 is 23.1. The molecule has 4 aromatic carbocycles. The van der Waals surface area contributed by atoms with E-state index in [-0.39, 0.29) is 24.5 Å². The number of allylic oxidation sites excluding steroid dienone is 2. The first kappa shape index (κ1) is 31.4. The molecule has 1 aromatic heterocycles. The predicted octanol–water partition coefficient (Wildman–Crippen LogP) is 4.93. The SMILES string of the molecule is COc1cc([C@H]2C3=CCn4c(=O)n(-c5ccccc5)c(=O)n4[C@@H]3C[C@H]3C(=O)N(Nc4ccc(F)cc4)C(=O)[C@@]23c2ccc(Cl)cc2)ccc1O. The van der Waals surface area contributed by atoms with Gasteiger partial charge in [0.1, 0.15) is 5.82 Å². The van der Waals surface area contributed by atoms with Gasteiger partial charge in [-0.2, -0.15) is 5.01 Å². The van der Waals surface area contributed by atoms with Gasteiger partial charge in [0.2, 0.25) is 0 Å². The predicted molar refractivity (Wildman–Crippen MR) is 182 cm³/mol. The highest BCUT2D eigenvalue weighted by Gasteiger charge is 2.68. The van der Waals surface area contributed by atoms with E-state index in [1.54, 1.807) is 66.7 Å². The van der Waals surface area contributed by atoms with Crippen LogP contribution in [-0.4, -0.2) is 43.0 Å². The van der Waals surface area contributed by atoms with Crippen molar-refractivity contribution in [1.82, 2.24) is 18.9 Å². The summed E-state index contributed by atoms with van der Waals surface area (Å²) in [7, 11) is 1.41. The monoisotopic (exact) mass is 693 g/mol. The number of carbonyl (C=O) groups excluding carboxylic acids is 2. The van der Waals surface area contributed by atoms with Crippen LogP contribution in [0.5, 0.6) is 11.5 Å². The Balaban J connectivity index is 1.39. The second kappa shape index (κ2) is 11.6. The highest BCUT2D eigenvalue weighted by Crippen LogP contribution is 2.62. The summed E-state index contributed by atoms with van der Waals surface area (Å²) in [4.78, 5) is 57.9. The number of rotatable bonds is 6. The molecule has 5 aromatic rings. The highest BCUT2D eigenvalue weighted by atomic mass is 35.5. The molecule has 0 bridgehead atoms. The number of phenols is 1. The summed E-state index contributed by atoms with van der Waals surface area (Å²) in [5, 5.41) is 12.0. The number of aromatic nitrogens is 3. The Hall–Kier alpha value is -5.88. The van der Waals surface area contributed by atoms with Gasteiger partial charge in [0.25, 0.3) is 11.8 Å². The zero-order valence-electron chi connectivity index (χ0n) is 26.5. The van der Waals surface area contributed by atoms with Crippen molar-refractivity contribution in [2.24, 2.45) is 5.92 Å². The molecule has 3 heterocycles. The molecule has 2 N–H and O–H groups in total. The zero-order valence-corrected chi connectivity index (χ0v) is 27.3. The summed E-state index contributed by atoms with van der Waals surface area (Å²) in [6, 6.07) is 24.5. The van der Waals surface area contributed by atoms with Crippen molar-refractivity contribution in [3.05, 3.63) is 152 Å². The van der Waals surface area contributed by atoms with E-state index in [9.17, 15) is 23.9 Å². The molecular weight excluding hydrogens is 665 g/mol. The molecule has 252 valence electrons. The van der Waals surface area contributed by atoms with Gasteiger partial charge in [-0.1, -0.05) is 54.1 Å². The zero-order chi connectivity index (χ0) is 34.9. The molecule has 2 aliphatic heterocycles. The smallest absolute Gasteiger partial charge is 0.352 e. The van der Waals surface area contributed by atoms with E-state index in [1.807, 2.05) is 6.08 Å². The van der Waals surface area contributed by atoms with Crippen molar-refractivity contribution in [3.63, 3.8) is 0 Å². The summed E-state index contributed by atoms with van der Waals surface area (Å²) in [6.45, 7) is 0.0203. The normalized spacial score (nSPS) is 22.4. The van der Waals surface area contributed by atoms with E-state index in [2.05, 4.69) is 5.43 Å². The summed E-state index contributed by atoms with van der Waals surface area (Å²) in [5.41, 5.74) is 2.57. The molecule has 1 saturated carbocycles. The molecule has 13 heteroatoms. The minimum atomic E-state index is -1.59. The van der Waals surface area contributed by atoms with Crippen LogP contribution in [0.25, 0.3) is 5.69 Å². The Morgan fingerprint density at radius 2 is 1.64 bits per heavy atom. The number of halogens is 2. The van der Waals surface area contributed by atoms with Gasteiger partial charge >= 0.3 is 11.4 Å². The first-order valence-corrected chi connectivity index (χ1v) is 16.3. The van der Waals surface area contributed by atoms with Crippen LogP contribution in [0, 0.1) is 11.7 Å². The number of phenolic OH excluding ortho intramolecular Hbond substituents is 1. The molecule has 11 nitrogen and oxygen atoms in total. The third-order valence-electron chi connectivity index (χ3n) is 10.1. The maximum absolute atomic E-state index is 15.2. The lowest BCUT2D eigenvalue weighted by Crippen LogP contribution is -2.53. The molecule has 3 aliphatic rings. The standard InChI is InChI=1S/C37H29ClFN5O6/c1-50-31-19-21(7-16-30(31)45)32-27-17-18-41-35(48)42(26-5-3-2-4-6-26)36(49)44(41)29(27)20-28-33(46)43(40-25-14-12-24(39)13-15-25)34(47)37(28,32)22-8-10-23(38)11-9-22/h2-17,19,28-29,32,40,45H,18,20H2,1H3/t28-,29+,32-,37+/m0/s1. The number of hydrogen-bond acceptors (Lipinski definition) is 7. The molecule has 1 aliphatic carbocycles. The van der Waals surface area contributed by atoms with Crippen LogP contribution in [0.15, 0.2) is 118 Å². The number of para-hydroxylation sites is 1. The van der Waals surface area contributed by atoms with Crippen molar-refractivity contribution in [2.45, 2.75) is 30.3 Å². The topological polar surface area (TPSA) is 128 Å². The van der Waals surface area contributed by atoms with Gasteiger partial charge in [-0.3, -0.25) is 15.0 Å². The van der Waals surface area contributed by atoms with Crippen LogP contribution < -0.4 is 21.5 Å². The fraction of sp³-hybridized carbons (Fsp3) is 0.189. The number of anilines is 1. The Labute approximate surface area is 289 Å². The summed E-state index contributed by atoms with van der Waals surface area (Å²) >= 11 is 6.33. The molecule has 2 amide bonds. The Morgan fingerprint density at radius 1 is 0.920 bits per heavy atom. The third-order valence-corrected chi connectivity index (χ3v) is 10.3. The van der Waals surface area contributed by atoms with Gasteiger partial charge in [-0.15, -0.1) is 0 Å². The number of hydrazine groups is 1. The van der Waals surface area contributed by atoms with Gasteiger partial charge in [0.15, 0.2) is 11.5 Å². The summed E-state index contributed by atoms with van der Waals surface area (Å²) in [6.07, 6.45) is 1.83. The number of nitrogens with zero attached hydrogens (tertiary/aromatic N) is 4. The third kappa shape index (κ3) is 4.48. The van der Waals surface area contributed by atoms with Crippen LogP contribution in [0.1, 0.15) is 29.5 Å². The van der Waals surface area contributed by atoms with Crippen molar-refractivity contribution in [1.29, 1.82) is 0 Å². The number of aromatic hydroxyl groups is 1. The Kier molecular flexibility index (Phi) is 7.30. The van der Waals surface area contributed by atoms with E-state index in [0.717, 1.165) is 9.58 Å². The summed E-state index contributed by atoms with van der Waals surface area (Å²) in [5.74, 6) is -3.58. The molecule has 4 atom stereocenters. The van der Waals surface area contributed by atoms with Crippen LogP contribution in [0.2, 0.25) is 5.02 Å². The second-order valence-electron chi connectivity index (χ2n) is 12.5. The Morgan fingerprint density at radius 3 is 2.34 bits per heavy atom. The number of fused-ring (bicyclic) bond motifs is 4. The number of amides is 2. The number of benzene rings is 4. The van der Waals surface area contributed by atoms with Gasteiger partial charge in [-0.05, 0) is 83.8 Å². The molecule has 2 fully saturated rings. The fourth-order valence-electron chi connectivity index (χ4n) is 7.96. The maximum atomic E-state index is 15.2. The maximum Gasteiger partial charge on any atom is 0.352 e.